The average molecular weight is 657 g/mol. The van der Waals surface area contributed by atoms with Crippen LogP contribution in [0, 0.1) is 0 Å². The zero-order valence-electron chi connectivity index (χ0n) is 24.7. The highest BCUT2D eigenvalue weighted by atomic mass is 16.8. The molecule has 45 heavy (non-hydrogen) atoms. The second kappa shape index (κ2) is 15.3. The van der Waals surface area contributed by atoms with Crippen LogP contribution in [0.3, 0.4) is 0 Å². The van der Waals surface area contributed by atoms with E-state index in [0.29, 0.717) is 0 Å². The normalized spacial score (nSPS) is 50.8. The Labute approximate surface area is 258 Å². The molecule has 3 aliphatic heterocycles. The summed E-state index contributed by atoms with van der Waals surface area (Å²) in [5.41, 5.74) is 29.6. The van der Waals surface area contributed by atoms with Gasteiger partial charge in [0.25, 0.3) is 0 Å². The van der Waals surface area contributed by atoms with Gasteiger partial charge in [0.2, 0.25) is 5.91 Å². The monoisotopic (exact) mass is 656 g/mol. The summed E-state index contributed by atoms with van der Waals surface area (Å²) in [7, 11) is 0. The molecule has 262 valence electrons. The molecule has 0 aromatic rings. The van der Waals surface area contributed by atoms with Crippen LogP contribution in [0.15, 0.2) is 0 Å². The molecule has 3 heterocycles. The van der Waals surface area contributed by atoms with Gasteiger partial charge in [-0.1, -0.05) is 0 Å². The Bertz CT molecular complexity index is 973. The van der Waals surface area contributed by atoms with Crippen LogP contribution >= 0.6 is 0 Å². The Kier molecular flexibility index (Phi) is 12.5. The first-order valence-corrected chi connectivity index (χ1v) is 14.8. The van der Waals surface area contributed by atoms with Crippen molar-refractivity contribution in [1.29, 1.82) is 0 Å². The van der Waals surface area contributed by atoms with Crippen LogP contribution in [0.5, 0.6) is 0 Å². The second-order valence-electron chi connectivity index (χ2n) is 11.9. The van der Waals surface area contributed by atoms with Crippen LogP contribution in [0.4, 0.5) is 0 Å². The fraction of sp³-hybridized carbons (Fsp3) is 0.960. The van der Waals surface area contributed by atoms with Crippen molar-refractivity contribution in [1.82, 2.24) is 5.32 Å². The predicted octanol–water partition coefficient (Wildman–Crippen LogP) is -8.72. The van der Waals surface area contributed by atoms with Crippen LogP contribution in [0.2, 0.25) is 0 Å². The first kappa shape index (κ1) is 36.6. The topological polar surface area (TPSA) is 356 Å². The summed E-state index contributed by atoms with van der Waals surface area (Å²) in [5, 5.41) is 76.3. The summed E-state index contributed by atoms with van der Waals surface area (Å²) in [5.74, 6) is -0.474. The van der Waals surface area contributed by atoms with Crippen molar-refractivity contribution >= 4 is 5.91 Å². The Morgan fingerprint density at radius 2 is 1.16 bits per heavy atom. The summed E-state index contributed by atoms with van der Waals surface area (Å²) in [6, 6.07) is -4.43. The zero-order chi connectivity index (χ0) is 33.3. The van der Waals surface area contributed by atoms with Gasteiger partial charge in [-0.15, -0.1) is 0 Å². The molecule has 1 amide bonds. The summed E-state index contributed by atoms with van der Waals surface area (Å²) < 4.78 is 34.9. The molecule has 0 spiro atoms. The van der Waals surface area contributed by atoms with Crippen molar-refractivity contribution in [3.8, 4) is 0 Å². The van der Waals surface area contributed by atoms with E-state index < -0.39 is 129 Å². The molecule has 18 N–H and O–H groups in total. The fourth-order valence-electron chi connectivity index (χ4n) is 6.10. The van der Waals surface area contributed by atoms with E-state index >= 15 is 0 Å². The van der Waals surface area contributed by atoms with Crippen molar-refractivity contribution in [2.45, 2.75) is 130 Å². The first-order chi connectivity index (χ1) is 21.2. The molecule has 0 radical (unpaired) electrons. The molecule has 0 unspecified atom stereocenters. The quantitative estimate of drug-likeness (QED) is 0.104. The van der Waals surface area contributed by atoms with Crippen LogP contribution in [0.1, 0.15) is 13.3 Å². The summed E-state index contributed by atoms with van der Waals surface area (Å²) in [6.45, 7) is 0.191. The molecular weight excluding hydrogens is 608 g/mol. The second-order valence-corrected chi connectivity index (χ2v) is 11.9. The third-order valence-electron chi connectivity index (χ3n) is 8.72. The van der Waals surface area contributed by atoms with Crippen molar-refractivity contribution in [2.24, 2.45) is 28.7 Å². The van der Waals surface area contributed by atoms with E-state index in [-0.39, 0.29) is 19.5 Å². The van der Waals surface area contributed by atoms with Gasteiger partial charge < -0.3 is 98.2 Å². The molecule has 4 aliphatic rings. The fourth-order valence-corrected chi connectivity index (χ4v) is 6.10. The molecule has 3 saturated heterocycles. The first-order valence-electron chi connectivity index (χ1n) is 14.8. The van der Waals surface area contributed by atoms with E-state index in [9.17, 15) is 40.5 Å². The van der Waals surface area contributed by atoms with Crippen molar-refractivity contribution < 1.29 is 69.0 Å². The lowest BCUT2D eigenvalue weighted by atomic mass is 9.83. The summed E-state index contributed by atoms with van der Waals surface area (Å²) >= 11 is 0. The van der Waals surface area contributed by atoms with E-state index in [1.54, 1.807) is 0 Å². The number of aliphatic hydroxyl groups excluding tert-OH is 7. The molecule has 1 aliphatic carbocycles. The van der Waals surface area contributed by atoms with Crippen molar-refractivity contribution in [3.63, 3.8) is 0 Å². The van der Waals surface area contributed by atoms with E-state index in [0.717, 1.165) is 0 Å². The number of carbonyl (C=O) groups is 1. The van der Waals surface area contributed by atoms with Gasteiger partial charge in [-0.25, -0.2) is 0 Å². The molecule has 4 rings (SSSR count). The lowest BCUT2D eigenvalue weighted by molar-refractivity contribution is -0.308. The summed E-state index contributed by atoms with van der Waals surface area (Å²) in [6.07, 6.45) is -20.7. The number of hydrogen-bond acceptors (Lipinski definition) is 19. The number of aliphatic hydroxyl groups is 7. The number of hydrogen-bond donors (Lipinski definition) is 13. The minimum atomic E-state index is -1.66. The molecule has 20 nitrogen and oxygen atoms in total. The Morgan fingerprint density at radius 3 is 1.62 bits per heavy atom. The molecular formula is C25H48N6O14. The highest BCUT2D eigenvalue weighted by Crippen LogP contribution is 2.34. The molecule has 20 heteroatoms. The smallest absolute Gasteiger partial charge is 0.217 e. The molecule has 19 atom stereocenters. The lowest BCUT2D eigenvalue weighted by Crippen LogP contribution is -2.69. The lowest BCUT2D eigenvalue weighted by Gasteiger charge is -2.48. The van der Waals surface area contributed by atoms with E-state index in [1.807, 2.05) is 0 Å². The molecule has 0 aromatic heterocycles. The van der Waals surface area contributed by atoms with Gasteiger partial charge in [-0.05, 0) is 6.42 Å². The number of nitrogens with one attached hydrogen (secondary N) is 1. The average Bonchev–Trinajstić information content (AvgIpc) is 3.30. The third-order valence-corrected chi connectivity index (χ3v) is 8.72. The Hall–Kier alpha value is -1.25. The van der Waals surface area contributed by atoms with E-state index in [1.165, 1.54) is 6.92 Å². The van der Waals surface area contributed by atoms with Crippen LogP contribution < -0.4 is 34.0 Å². The van der Waals surface area contributed by atoms with E-state index in [4.69, 9.17) is 57.1 Å². The van der Waals surface area contributed by atoms with Gasteiger partial charge >= 0.3 is 0 Å². The number of ether oxygens (including phenoxy) is 6. The number of amides is 1. The van der Waals surface area contributed by atoms with Gasteiger partial charge in [-0.3, -0.25) is 4.79 Å². The van der Waals surface area contributed by atoms with Crippen LogP contribution in [-0.2, 0) is 33.2 Å². The van der Waals surface area contributed by atoms with Gasteiger partial charge in [0.15, 0.2) is 18.9 Å². The van der Waals surface area contributed by atoms with Gasteiger partial charge in [-0.2, -0.15) is 0 Å². The highest BCUT2D eigenvalue weighted by Gasteiger charge is 2.55. The number of rotatable bonds is 10. The van der Waals surface area contributed by atoms with Gasteiger partial charge in [0.05, 0.1) is 30.8 Å². The largest absolute Gasteiger partial charge is 0.394 e. The zero-order valence-corrected chi connectivity index (χ0v) is 24.7. The maximum Gasteiger partial charge on any atom is 0.217 e. The van der Waals surface area contributed by atoms with Crippen LogP contribution in [-0.4, -0.2) is 178 Å². The Balaban J connectivity index is 1.56. The minimum absolute atomic E-state index is 0.00516. The number of nitrogens with two attached hydrogens (primary N) is 5. The molecule has 0 aromatic carbocycles. The maximum atomic E-state index is 12.1. The summed E-state index contributed by atoms with van der Waals surface area (Å²) in [4.78, 5) is 12.1. The SMILES string of the molecule is CC(=O)N[C@H]1C[C@@H](N)[C@H](O)[C@@H](O[C@@H]2O[C@H](CO)[C@@H](O[C@H]3O[C@@H](CN)[C@@H](O)[C@H](O)[C@H]3N)[C@H]2O)[C@@H]1O[C@H]1O[C@H](CN)[C@@H](O)[C@H](O)[C@H]1N. The Morgan fingerprint density at radius 1 is 0.689 bits per heavy atom. The highest BCUT2D eigenvalue weighted by molar-refractivity contribution is 5.73. The number of carbonyl (C=O) groups excluding carboxylic acids is 1. The maximum absolute atomic E-state index is 12.1. The minimum Gasteiger partial charge on any atom is -0.394 e. The third kappa shape index (κ3) is 7.58. The molecule has 1 saturated carbocycles. The van der Waals surface area contributed by atoms with Crippen molar-refractivity contribution in [3.05, 3.63) is 0 Å². The van der Waals surface area contributed by atoms with Crippen molar-refractivity contribution in [2.75, 3.05) is 19.7 Å². The molecule has 0 bridgehead atoms. The predicted molar refractivity (Wildman–Crippen MR) is 148 cm³/mol. The molecule has 4 fully saturated rings. The standard InChI is InChI=1S/C25H48N6O14/c1-6(33)31-8-2-7(28)14(34)22(20(8)43-23-12(29)17(37)15(35)9(3-26)40-23)45-25-19(39)21(11(5-32)42-25)44-24-13(30)18(38)16(36)10(4-27)41-24/h7-25,32,34-39H,2-5,26-30H2,1H3,(H,31,33)/t7-,8+,9-,10+,11-,12-,13-,14+,15-,16-,17-,18-,19-,20-,21-,22-,23-,24-,25+/m1/s1. The van der Waals surface area contributed by atoms with E-state index in [2.05, 4.69) is 5.32 Å². The van der Waals surface area contributed by atoms with Crippen LogP contribution in [0.25, 0.3) is 0 Å². The van der Waals surface area contributed by atoms with Gasteiger partial charge in [0.1, 0.15) is 67.1 Å². The van der Waals surface area contributed by atoms with Gasteiger partial charge in [0, 0.05) is 26.1 Å².